The first-order chi connectivity index (χ1) is 11.8. The summed E-state index contributed by atoms with van der Waals surface area (Å²) >= 11 is 0. The minimum Gasteiger partial charge on any atom is -0.444 e. The smallest absolute Gasteiger partial charge is 0.407 e. The number of nitrogens with one attached hydrogen (secondary N) is 2. The van der Waals surface area contributed by atoms with Gasteiger partial charge in [0.2, 0.25) is 0 Å². The van der Waals surface area contributed by atoms with Gasteiger partial charge in [-0.2, -0.15) is 0 Å². The molecule has 0 saturated carbocycles. The van der Waals surface area contributed by atoms with Gasteiger partial charge in [0.25, 0.3) is 0 Å². The van der Waals surface area contributed by atoms with Crippen LogP contribution in [0.1, 0.15) is 32.8 Å². The van der Waals surface area contributed by atoms with Crippen LogP contribution in [-0.4, -0.2) is 48.7 Å². The number of alkyl carbamates (subject to hydrolysis) is 1. The molecule has 1 aromatic rings. The Morgan fingerprint density at radius 2 is 2.20 bits per heavy atom. The quantitative estimate of drug-likeness (QED) is 0.649. The van der Waals surface area contributed by atoms with Crippen LogP contribution in [0.5, 0.6) is 0 Å². The topological polar surface area (TPSA) is 66.0 Å². The molecule has 0 spiro atoms. The summed E-state index contributed by atoms with van der Waals surface area (Å²) in [5, 5.41) is 6.12. The fourth-order valence-corrected chi connectivity index (χ4v) is 2.71. The zero-order valence-electron chi connectivity index (χ0n) is 15.3. The predicted octanol–water partition coefficient (Wildman–Crippen LogP) is 2.50. The van der Waals surface area contributed by atoms with Crippen LogP contribution in [0.25, 0.3) is 0 Å². The van der Waals surface area contributed by atoms with Crippen molar-refractivity contribution in [3.63, 3.8) is 0 Å². The molecule has 1 fully saturated rings. The van der Waals surface area contributed by atoms with Crippen LogP contribution >= 0.6 is 0 Å². The van der Waals surface area contributed by atoms with Gasteiger partial charge in [-0.05, 0) is 44.9 Å². The Kier molecular flexibility index (Phi) is 6.22. The van der Waals surface area contributed by atoms with Crippen LogP contribution in [0.2, 0.25) is 0 Å². The van der Waals surface area contributed by atoms with Gasteiger partial charge in [0, 0.05) is 26.7 Å². The number of rotatable bonds is 3. The van der Waals surface area contributed by atoms with Crippen molar-refractivity contribution in [2.75, 3.05) is 20.1 Å². The summed E-state index contributed by atoms with van der Waals surface area (Å²) in [6, 6.07) is 6.48. The van der Waals surface area contributed by atoms with E-state index in [1.165, 1.54) is 12.1 Å². The molecule has 1 saturated heterocycles. The average Bonchev–Trinajstić information content (AvgIpc) is 2.94. The van der Waals surface area contributed by atoms with Crippen LogP contribution in [0.15, 0.2) is 29.3 Å². The Hall–Kier alpha value is -2.31. The Bertz CT molecular complexity index is 628. The Labute approximate surface area is 148 Å². The lowest BCUT2D eigenvalue weighted by Crippen LogP contribution is -2.44. The van der Waals surface area contributed by atoms with Crippen molar-refractivity contribution in [2.45, 2.75) is 45.4 Å². The molecule has 1 amide bonds. The number of hydrogen-bond acceptors (Lipinski definition) is 3. The van der Waals surface area contributed by atoms with Gasteiger partial charge in [0.1, 0.15) is 11.4 Å². The van der Waals surface area contributed by atoms with E-state index in [1.54, 1.807) is 13.1 Å². The average molecular weight is 350 g/mol. The number of likely N-dealkylation sites (tertiary alicyclic amines) is 1. The number of guanidine groups is 1. The highest BCUT2D eigenvalue weighted by Gasteiger charge is 2.27. The molecular formula is C18H27FN4O2. The molecule has 0 radical (unpaired) electrons. The molecule has 6 nitrogen and oxygen atoms in total. The van der Waals surface area contributed by atoms with Crippen LogP contribution in [0.4, 0.5) is 9.18 Å². The highest BCUT2D eigenvalue weighted by Crippen LogP contribution is 2.12. The van der Waals surface area contributed by atoms with Gasteiger partial charge in [-0.1, -0.05) is 12.1 Å². The van der Waals surface area contributed by atoms with E-state index in [2.05, 4.69) is 20.5 Å². The Morgan fingerprint density at radius 1 is 1.44 bits per heavy atom. The largest absolute Gasteiger partial charge is 0.444 e. The van der Waals surface area contributed by atoms with Crippen LogP contribution in [0.3, 0.4) is 0 Å². The molecule has 0 bridgehead atoms. The Balaban J connectivity index is 1.83. The van der Waals surface area contributed by atoms with Gasteiger partial charge in [-0.25, -0.2) is 9.18 Å². The second-order valence-corrected chi connectivity index (χ2v) is 7.11. The number of halogens is 1. The number of carbonyl (C=O) groups is 1. The van der Waals surface area contributed by atoms with Crippen molar-refractivity contribution in [3.05, 3.63) is 35.6 Å². The van der Waals surface area contributed by atoms with E-state index in [9.17, 15) is 9.18 Å². The molecule has 0 aliphatic carbocycles. The van der Waals surface area contributed by atoms with E-state index in [1.807, 2.05) is 26.8 Å². The maximum Gasteiger partial charge on any atom is 0.407 e. The summed E-state index contributed by atoms with van der Waals surface area (Å²) < 4.78 is 18.5. The van der Waals surface area contributed by atoms with Gasteiger partial charge >= 0.3 is 6.09 Å². The van der Waals surface area contributed by atoms with E-state index in [0.29, 0.717) is 13.1 Å². The third-order valence-electron chi connectivity index (χ3n) is 3.76. The van der Waals surface area contributed by atoms with Crippen LogP contribution in [0, 0.1) is 5.82 Å². The summed E-state index contributed by atoms with van der Waals surface area (Å²) in [6.07, 6.45) is 0.418. The predicted molar refractivity (Wildman–Crippen MR) is 95.9 cm³/mol. The number of nitrogens with zero attached hydrogens (tertiary/aromatic N) is 2. The molecule has 1 aliphatic rings. The van der Waals surface area contributed by atoms with Crippen molar-refractivity contribution in [3.8, 4) is 0 Å². The van der Waals surface area contributed by atoms with Crippen molar-refractivity contribution in [2.24, 2.45) is 4.99 Å². The first-order valence-corrected chi connectivity index (χ1v) is 8.46. The second kappa shape index (κ2) is 8.18. The third-order valence-corrected chi connectivity index (χ3v) is 3.76. The molecule has 1 aromatic carbocycles. The zero-order chi connectivity index (χ0) is 18.4. The van der Waals surface area contributed by atoms with E-state index < -0.39 is 11.7 Å². The maximum atomic E-state index is 13.2. The van der Waals surface area contributed by atoms with Gasteiger partial charge in [0.05, 0.1) is 6.04 Å². The molecule has 2 rings (SSSR count). The number of ether oxygens (including phenoxy) is 1. The molecule has 2 N–H and O–H groups in total. The second-order valence-electron chi connectivity index (χ2n) is 7.11. The van der Waals surface area contributed by atoms with E-state index in [-0.39, 0.29) is 11.9 Å². The molecule has 25 heavy (non-hydrogen) atoms. The molecule has 1 heterocycles. The number of amides is 1. The molecule has 0 aromatic heterocycles. The standard InChI is InChI=1S/C18H27FN4O2/c1-18(2,3)25-17(24)22-15-8-9-23(12-15)16(20-4)21-11-13-6-5-7-14(19)10-13/h5-7,10,15H,8-9,11-12H2,1-4H3,(H,20,21)(H,22,24). The normalized spacial score (nSPS) is 18.2. The van der Waals surface area contributed by atoms with Gasteiger partial charge < -0.3 is 20.3 Å². The van der Waals surface area contributed by atoms with Gasteiger partial charge in [-0.15, -0.1) is 0 Å². The fourth-order valence-electron chi connectivity index (χ4n) is 2.71. The minimum absolute atomic E-state index is 0.0163. The summed E-state index contributed by atoms with van der Waals surface area (Å²) in [7, 11) is 1.71. The Morgan fingerprint density at radius 3 is 2.84 bits per heavy atom. The minimum atomic E-state index is -0.509. The highest BCUT2D eigenvalue weighted by molar-refractivity contribution is 5.80. The molecule has 1 unspecified atom stereocenters. The maximum absolute atomic E-state index is 13.2. The monoisotopic (exact) mass is 350 g/mol. The molecule has 138 valence electrons. The SMILES string of the molecule is CN=C(NCc1cccc(F)c1)N1CCC(NC(=O)OC(C)(C)C)C1. The summed E-state index contributed by atoms with van der Waals surface area (Å²) in [6.45, 7) is 7.44. The third kappa shape index (κ3) is 6.25. The van der Waals surface area contributed by atoms with Crippen molar-refractivity contribution in [1.29, 1.82) is 0 Å². The lowest BCUT2D eigenvalue weighted by atomic mass is 10.2. The highest BCUT2D eigenvalue weighted by atomic mass is 19.1. The van der Waals surface area contributed by atoms with E-state index >= 15 is 0 Å². The molecule has 1 aliphatic heterocycles. The lowest BCUT2D eigenvalue weighted by molar-refractivity contribution is 0.0507. The summed E-state index contributed by atoms with van der Waals surface area (Å²) in [5.41, 5.74) is 0.342. The summed E-state index contributed by atoms with van der Waals surface area (Å²) in [4.78, 5) is 18.2. The zero-order valence-corrected chi connectivity index (χ0v) is 15.3. The molecule has 1 atom stereocenters. The molecule has 7 heteroatoms. The van der Waals surface area contributed by atoms with Crippen molar-refractivity contribution < 1.29 is 13.9 Å². The van der Waals surface area contributed by atoms with E-state index in [4.69, 9.17) is 4.74 Å². The van der Waals surface area contributed by atoms with E-state index in [0.717, 1.165) is 24.5 Å². The van der Waals surface area contributed by atoms with Gasteiger partial charge in [0.15, 0.2) is 5.96 Å². The number of carbonyl (C=O) groups excluding carboxylic acids is 1. The lowest BCUT2D eigenvalue weighted by Gasteiger charge is -2.23. The first-order valence-electron chi connectivity index (χ1n) is 8.46. The van der Waals surface area contributed by atoms with Crippen LogP contribution < -0.4 is 10.6 Å². The first kappa shape index (κ1) is 19.0. The molecular weight excluding hydrogens is 323 g/mol. The van der Waals surface area contributed by atoms with Crippen molar-refractivity contribution >= 4 is 12.1 Å². The summed E-state index contributed by atoms with van der Waals surface area (Å²) in [5.74, 6) is 0.481. The van der Waals surface area contributed by atoms with Crippen molar-refractivity contribution in [1.82, 2.24) is 15.5 Å². The number of benzene rings is 1. The fraction of sp³-hybridized carbons (Fsp3) is 0.556. The number of hydrogen-bond donors (Lipinski definition) is 2. The van der Waals surface area contributed by atoms with Crippen LogP contribution in [-0.2, 0) is 11.3 Å². The van der Waals surface area contributed by atoms with Gasteiger partial charge in [-0.3, -0.25) is 4.99 Å². The number of aliphatic imine (C=N–C) groups is 1.